The van der Waals surface area contributed by atoms with Crippen molar-refractivity contribution >= 4 is 44.2 Å². The minimum absolute atomic E-state index is 0.0914. The first kappa shape index (κ1) is 17.5. The van der Waals surface area contributed by atoms with E-state index >= 15 is 0 Å². The van der Waals surface area contributed by atoms with Gasteiger partial charge < -0.3 is 14.6 Å². The van der Waals surface area contributed by atoms with Gasteiger partial charge >= 0.3 is 0 Å². The molecule has 0 radical (unpaired) electrons. The van der Waals surface area contributed by atoms with Crippen molar-refractivity contribution in [3.8, 4) is 0 Å². The summed E-state index contributed by atoms with van der Waals surface area (Å²) in [5.41, 5.74) is 5.45. The molecule has 0 saturated heterocycles. The van der Waals surface area contributed by atoms with E-state index in [9.17, 15) is 4.79 Å². The summed E-state index contributed by atoms with van der Waals surface area (Å²) in [6.45, 7) is 2.18. The third-order valence-corrected chi connectivity index (χ3v) is 6.13. The normalized spacial score (nSPS) is 15.4. The van der Waals surface area contributed by atoms with Crippen LogP contribution in [0, 0.1) is 5.41 Å². The van der Waals surface area contributed by atoms with Crippen LogP contribution < -0.4 is 15.8 Å². The van der Waals surface area contributed by atoms with Crippen molar-refractivity contribution in [3.63, 3.8) is 0 Å². The van der Waals surface area contributed by atoms with Gasteiger partial charge in [0, 0.05) is 39.9 Å². The van der Waals surface area contributed by atoms with Gasteiger partial charge in [-0.25, -0.2) is 0 Å². The average molecular weight is 438 g/mol. The van der Waals surface area contributed by atoms with Crippen LogP contribution in [0.2, 0.25) is 0 Å². The highest BCUT2D eigenvalue weighted by atomic mass is 79.9. The topological polar surface area (TPSA) is 69.3 Å². The first-order valence-electron chi connectivity index (χ1n) is 9.59. The summed E-state index contributed by atoms with van der Waals surface area (Å²) in [5.74, 6) is -0.328. The summed E-state index contributed by atoms with van der Waals surface area (Å²) >= 11 is 3.39. The zero-order chi connectivity index (χ0) is 19.3. The number of anilines is 2. The number of benzene rings is 2. The number of rotatable bonds is 2. The molecule has 0 saturated carbocycles. The summed E-state index contributed by atoms with van der Waals surface area (Å²) in [7, 11) is 0. The zero-order valence-corrected chi connectivity index (χ0v) is 16.9. The average Bonchev–Trinajstić information content (AvgIpc) is 2.70. The van der Waals surface area contributed by atoms with Gasteiger partial charge in [-0.05, 0) is 67.6 Å². The zero-order valence-electron chi connectivity index (χ0n) is 15.3. The Balaban J connectivity index is 1.59. The monoisotopic (exact) mass is 437 g/mol. The molecule has 5 nitrogen and oxygen atoms in total. The van der Waals surface area contributed by atoms with Gasteiger partial charge in [0.15, 0.2) is 0 Å². The van der Waals surface area contributed by atoms with Gasteiger partial charge in [-0.15, -0.1) is 0 Å². The van der Waals surface area contributed by atoms with Crippen LogP contribution in [0.25, 0.3) is 11.0 Å². The molecule has 0 bridgehead atoms. The Bertz CT molecular complexity index is 1150. The third kappa shape index (κ3) is 2.92. The predicted molar refractivity (Wildman–Crippen MR) is 113 cm³/mol. The molecule has 1 aromatic heterocycles. The second-order valence-corrected chi connectivity index (χ2v) is 8.34. The number of halogens is 1. The van der Waals surface area contributed by atoms with Crippen molar-refractivity contribution in [2.75, 3.05) is 23.3 Å². The van der Waals surface area contributed by atoms with Crippen molar-refractivity contribution in [2.24, 2.45) is 0 Å². The molecule has 0 fully saturated rings. The lowest BCUT2D eigenvalue weighted by Crippen LogP contribution is -2.34. The van der Waals surface area contributed by atoms with E-state index in [1.807, 2.05) is 24.3 Å². The van der Waals surface area contributed by atoms with Crippen molar-refractivity contribution in [1.82, 2.24) is 0 Å². The molecule has 3 heterocycles. The SMILES string of the molecule is N=c1oc2c3c4c(cc2cc1C(=O)Nc1ccc(Br)cc1)CCCN4CCC3. The van der Waals surface area contributed by atoms with E-state index in [-0.39, 0.29) is 17.0 Å². The second-order valence-electron chi connectivity index (χ2n) is 7.43. The summed E-state index contributed by atoms with van der Waals surface area (Å²) < 4.78 is 6.86. The van der Waals surface area contributed by atoms with E-state index in [2.05, 4.69) is 32.2 Å². The Morgan fingerprint density at radius 1 is 1.11 bits per heavy atom. The largest absolute Gasteiger partial charge is 0.438 e. The fraction of sp³-hybridized carbons (Fsp3) is 0.273. The van der Waals surface area contributed by atoms with Gasteiger partial charge in [-0.2, -0.15) is 0 Å². The maximum Gasteiger partial charge on any atom is 0.261 e. The first-order chi connectivity index (χ1) is 13.6. The molecular weight excluding hydrogens is 418 g/mol. The number of hydrogen-bond acceptors (Lipinski definition) is 4. The predicted octanol–water partition coefficient (Wildman–Crippen LogP) is 4.63. The number of carbonyl (C=O) groups is 1. The van der Waals surface area contributed by atoms with Crippen LogP contribution in [0.15, 0.2) is 45.3 Å². The second kappa shape index (κ2) is 6.78. The Kier molecular flexibility index (Phi) is 4.23. The summed E-state index contributed by atoms with van der Waals surface area (Å²) in [5, 5.41) is 12.1. The van der Waals surface area contributed by atoms with Crippen molar-refractivity contribution < 1.29 is 9.21 Å². The molecule has 2 aromatic carbocycles. The van der Waals surface area contributed by atoms with E-state index < -0.39 is 0 Å². The van der Waals surface area contributed by atoms with Crippen LogP contribution in [0.3, 0.4) is 0 Å². The maximum atomic E-state index is 12.8. The number of amides is 1. The molecule has 3 aromatic rings. The number of carbonyl (C=O) groups excluding carboxylic acids is 1. The van der Waals surface area contributed by atoms with Gasteiger partial charge in [0.1, 0.15) is 11.1 Å². The highest BCUT2D eigenvalue weighted by molar-refractivity contribution is 9.10. The highest BCUT2D eigenvalue weighted by Gasteiger charge is 2.27. The van der Waals surface area contributed by atoms with Gasteiger partial charge in [0.2, 0.25) is 5.55 Å². The number of nitrogens with zero attached hydrogens (tertiary/aromatic N) is 1. The van der Waals surface area contributed by atoms with E-state index in [0.717, 1.165) is 54.2 Å². The Labute approximate surface area is 171 Å². The molecule has 0 spiro atoms. The maximum absolute atomic E-state index is 12.8. The van der Waals surface area contributed by atoms with Crippen LogP contribution in [-0.2, 0) is 12.8 Å². The standard InChI is InChI=1S/C22H20BrN3O2/c23-15-5-7-16(8-6-15)25-22(27)18-12-14-11-13-3-1-9-26-10-2-4-17(19(13)26)20(14)28-21(18)24/h5-8,11-12,24H,1-4,9-10H2,(H,25,27). The highest BCUT2D eigenvalue weighted by Crippen LogP contribution is 2.39. The molecule has 0 aliphatic carbocycles. The van der Waals surface area contributed by atoms with E-state index in [1.54, 1.807) is 6.07 Å². The number of nitrogens with one attached hydrogen (secondary N) is 2. The molecule has 0 atom stereocenters. The third-order valence-electron chi connectivity index (χ3n) is 5.60. The van der Waals surface area contributed by atoms with Crippen LogP contribution in [-0.4, -0.2) is 19.0 Å². The van der Waals surface area contributed by atoms with E-state index in [4.69, 9.17) is 9.83 Å². The van der Waals surface area contributed by atoms with Crippen LogP contribution in [0.5, 0.6) is 0 Å². The first-order valence-corrected chi connectivity index (χ1v) is 10.4. The van der Waals surface area contributed by atoms with Crippen LogP contribution in [0.1, 0.15) is 34.3 Å². The van der Waals surface area contributed by atoms with Crippen molar-refractivity contribution in [3.05, 3.63) is 63.1 Å². The van der Waals surface area contributed by atoms with Gasteiger partial charge in [0.25, 0.3) is 5.91 Å². The molecule has 0 unspecified atom stereocenters. The summed E-state index contributed by atoms with van der Waals surface area (Å²) in [4.78, 5) is 15.2. The number of fused-ring (bicyclic) bond motifs is 2. The van der Waals surface area contributed by atoms with E-state index in [0.29, 0.717) is 5.69 Å². The van der Waals surface area contributed by atoms with Gasteiger partial charge in [-0.1, -0.05) is 15.9 Å². The Hall–Kier alpha value is -2.60. The molecular formula is C22H20BrN3O2. The Morgan fingerprint density at radius 3 is 2.64 bits per heavy atom. The van der Waals surface area contributed by atoms with E-state index in [1.165, 1.54) is 16.8 Å². The Morgan fingerprint density at radius 2 is 1.86 bits per heavy atom. The lowest BCUT2D eigenvalue weighted by atomic mass is 9.90. The smallest absolute Gasteiger partial charge is 0.261 e. The van der Waals surface area contributed by atoms with Gasteiger partial charge in [0.05, 0.1) is 0 Å². The fourth-order valence-corrected chi connectivity index (χ4v) is 4.63. The molecule has 5 rings (SSSR count). The molecule has 2 aliphatic rings. The van der Waals surface area contributed by atoms with Crippen molar-refractivity contribution in [1.29, 1.82) is 5.41 Å². The number of aryl methyl sites for hydroxylation is 2. The fourth-order valence-electron chi connectivity index (χ4n) is 4.36. The minimum atomic E-state index is -0.328. The summed E-state index contributed by atoms with van der Waals surface area (Å²) in [6, 6.07) is 11.3. The molecule has 2 aliphatic heterocycles. The molecule has 28 heavy (non-hydrogen) atoms. The van der Waals surface area contributed by atoms with Crippen molar-refractivity contribution in [2.45, 2.75) is 25.7 Å². The lowest BCUT2D eigenvalue weighted by molar-refractivity contribution is 0.102. The van der Waals surface area contributed by atoms with Crippen LogP contribution in [0.4, 0.5) is 11.4 Å². The molecule has 1 amide bonds. The summed E-state index contributed by atoms with van der Waals surface area (Å²) in [6.07, 6.45) is 4.27. The van der Waals surface area contributed by atoms with Gasteiger partial charge in [-0.3, -0.25) is 10.2 Å². The minimum Gasteiger partial charge on any atom is -0.438 e. The molecule has 6 heteroatoms. The lowest BCUT2D eigenvalue weighted by Gasteiger charge is -2.37. The quantitative estimate of drug-likeness (QED) is 0.613. The number of hydrogen-bond donors (Lipinski definition) is 2. The molecule has 2 N–H and O–H groups in total. The van der Waals surface area contributed by atoms with Crippen LogP contribution >= 0.6 is 15.9 Å². The molecule has 142 valence electrons.